The highest BCUT2D eigenvalue weighted by atomic mass is 15.2. The lowest BCUT2D eigenvalue weighted by Crippen LogP contribution is -2.25. The molecule has 0 unspecified atom stereocenters. The number of hydrogen-bond acceptors (Lipinski definition) is 5. The highest BCUT2D eigenvalue weighted by Crippen LogP contribution is 2.19. The average molecular weight is 246 g/mol. The van der Waals surface area contributed by atoms with Gasteiger partial charge in [-0.3, -0.25) is 10.5 Å². The lowest BCUT2D eigenvalue weighted by Gasteiger charge is -2.08. The number of nitrogens with zero attached hydrogens (tertiary/aromatic N) is 2. The van der Waals surface area contributed by atoms with Gasteiger partial charge in [0.2, 0.25) is 0 Å². The minimum Gasteiger partial charge on any atom is -0.384 e. The van der Waals surface area contributed by atoms with Gasteiger partial charge in [0.15, 0.2) is 0 Å². The van der Waals surface area contributed by atoms with E-state index in [0.717, 1.165) is 16.5 Å². The molecule has 6 nitrogen and oxygen atoms in total. The van der Waals surface area contributed by atoms with Gasteiger partial charge in [-0.2, -0.15) is 5.10 Å². The third-order valence-electron chi connectivity index (χ3n) is 2.67. The van der Waals surface area contributed by atoms with E-state index in [0.29, 0.717) is 12.4 Å². The molecular formula is C12H18N6. The molecule has 0 saturated carbocycles. The fourth-order valence-corrected chi connectivity index (χ4v) is 1.96. The highest BCUT2D eigenvalue weighted by Gasteiger charge is 2.06. The Hall–Kier alpha value is -2.21. The Morgan fingerprint density at radius 3 is 3.00 bits per heavy atom. The summed E-state index contributed by atoms with van der Waals surface area (Å²) >= 11 is 0. The van der Waals surface area contributed by atoms with Gasteiger partial charge in [-0.15, -0.1) is 0 Å². The van der Waals surface area contributed by atoms with E-state index in [9.17, 15) is 0 Å². The number of fused-ring (bicyclic) bond motifs is 1. The predicted molar refractivity (Wildman–Crippen MR) is 71.9 cm³/mol. The van der Waals surface area contributed by atoms with Crippen molar-refractivity contribution in [2.75, 3.05) is 0 Å². The molecule has 0 atom stereocenters. The maximum absolute atomic E-state index is 5.70. The molecule has 0 aliphatic carbocycles. The van der Waals surface area contributed by atoms with Crippen LogP contribution in [0.15, 0.2) is 30.4 Å². The van der Waals surface area contributed by atoms with Crippen molar-refractivity contribution in [3.8, 4) is 0 Å². The van der Waals surface area contributed by atoms with E-state index in [2.05, 4.69) is 34.9 Å². The molecule has 0 saturated heterocycles. The number of hydrogen-bond donors (Lipinski definition) is 4. The SMILES string of the molecule is Cc1cc(CN/C(N)=C/NN)c2nn(C)cc2c1. The fourth-order valence-electron chi connectivity index (χ4n) is 1.96. The molecular weight excluding hydrogens is 228 g/mol. The van der Waals surface area contributed by atoms with Crippen LogP contribution in [0.5, 0.6) is 0 Å². The molecule has 18 heavy (non-hydrogen) atoms. The third-order valence-corrected chi connectivity index (χ3v) is 2.67. The van der Waals surface area contributed by atoms with Gasteiger partial charge in [-0.05, 0) is 24.1 Å². The van der Waals surface area contributed by atoms with Crippen molar-refractivity contribution in [1.82, 2.24) is 20.5 Å². The molecule has 1 heterocycles. The van der Waals surface area contributed by atoms with Crippen LogP contribution < -0.4 is 22.3 Å². The summed E-state index contributed by atoms with van der Waals surface area (Å²) in [6.07, 6.45) is 3.51. The Morgan fingerprint density at radius 1 is 1.50 bits per heavy atom. The van der Waals surface area contributed by atoms with Gasteiger partial charge in [0, 0.05) is 25.2 Å². The first-order valence-electron chi connectivity index (χ1n) is 5.68. The molecule has 2 aromatic rings. The summed E-state index contributed by atoms with van der Waals surface area (Å²) in [7, 11) is 1.92. The largest absolute Gasteiger partial charge is 0.384 e. The van der Waals surface area contributed by atoms with Crippen molar-refractivity contribution in [1.29, 1.82) is 0 Å². The molecule has 0 aliphatic heterocycles. The van der Waals surface area contributed by atoms with Gasteiger partial charge < -0.3 is 16.5 Å². The number of aromatic nitrogens is 2. The number of aryl methyl sites for hydroxylation is 2. The Bertz CT molecular complexity index is 584. The van der Waals surface area contributed by atoms with Crippen molar-refractivity contribution < 1.29 is 0 Å². The van der Waals surface area contributed by atoms with Crippen LogP contribution in [0.1, 0.15) is 11.1 Å². The minimum atomic E-state index is 0.489. The van der Waals surface area contributed by atoms with E-state index in [4.69, 9.17) is 11.6 Å². The molecule has 96 valence electrons. The van der Waals surface area contributed by atoms with Gasteiger partial charge in [0.25, 0.3) is 0 Å². The van der Waals surface area contributed by atoms with E-state index in [1.54, 1.807) is 0 Å². The van der Waals surface area contributed by atoms with Crippen LogP contribution in [0.25, 0.3) is 10.9 Å². The lowest BCUT2D eigenvalue weighted by atomic mass is 10.1. The van der Waals surface area contributed by atoms with E-state index >= 15 is 0 Å². The quantitative estimate of drug-likeness (QED) is 0.456. The molecule has 0 fully saturated rings. The van der Waals surface area contributed by atoms with Gasteiger partial charge >= 0.3 is 0 Å². The minimum absolute atomic E-state index is 0.489. The Balaban J connectivity index is 2.29. The maximum atomic E-state index is 5.70. The second-order valence-electron chi connectivity index (χ2n) is 4.28. The van der Waals surface area contributed by atoms with Crippen molar-refractivity contribution >= 4 is 10.9 Å². The first-order chi connectivity index (χ1) is 8.60. The summed E-state index contributed by atoms with van der Waals surface area (Å²) in [5.74, 6) is 5.64. The standard InChI is InChI=1S/C12H18N6/c1-8-3-9(5-15-11(13)6-16-14)12-10(4-8)7-18(2)17-12/h3-4,6-7,15-16H,5,13-14H2,1-2H3/b11-6+. The van der Waals surface area contributed by atoms with E-state index < -0.39 is 0 Å². The van der Waals surface area contributed by atoms with Crippen LogP contribution in [0.4, 0.5) is 0 Å². The summed E-state index contributed by atoms with van der Waals surface area (Å²) in [5.41, 5.74) is 11.4. The summed E-state index contributed by atoms with van der Waals surface area (Å²) in [6.45, 7) is 2.68. The van der Waals surface area contributed by atoms with Crippen LogP contribution in [0.2, 0.25) is 0 Å². The average Bonchev–Trinajstić information content (AvgIpc) is 2.66. The first kappa shape index (κ1) is 12.3. The van der Waals surface area contributed by atoms with Gasteiger partial charge in [0.1, 0.15) is 5.82 Å². The monoisotopic (exact) mass is 246 g/mol. The second-order valence-corrected chi connectivity index (χ2v) is 4.28. The van der Waals surface area contributed by atoms with Crippen LogP contribution in [0.3, 0.4) is 0 Å². The lowest BCUT2D eigenvalue weighted by molar-refractivity contribution is 0.763. The zero-order chi connectivity index (χ0) is 13.1. The topological polar surface area (TPSA) is 93.9 Å². The number of hydrazine groups is 1. The van der Waals surface area contributed by atoms with Crippen LogP contribution >= 0.6 is 0 Å². The second kappa shape index (κ2) is 4.97. The summed E-state index contributed by atoms with van der Waals surface area (Å²) in [4.78, 5) is 0. The molecule has 0 aliphatic rings. The van der Waals surface area contributed by atoms with Crippen molar-refractivity contribution in [2.45, 2.75) is 13.5 Å². The Morgan fingerprint density at radius 2 is 2.28 bits per heavy atom. The van der Waals surface area contributed by atoms with Crippen molar-refractivity contribution in [2.24, 2.45) is 18.6 Å². The number of benzene rings is 1. The first-order valence-corrected chi connectivity index (χ1v) is 5.68. The zero-order valence-corrected chi connectivity index (χ0v) is 10.6. The number of rotatable bonds is 4. The molecule has 0 amide bonds. The van der Waals surface area contributed by atoms with E-state index in [1.165, 1.54) is 11.8 Å². The number of nitrogens with one attached hydrogen (secondary N) is 2. The molecule has 1 aromatic carbocycles. The molecule has 1 aromatic heterocycles. The highest BCUT2D eigenvalue weighted by molar-refractivity contribution is 5.82. The normalized spacial score (nSPS) is 11.8. The smallest absolute Gasteiger partial charge is 0.114 e. The number of nitrogens with two attached hydrogens (primary N) is 2. The Kier molecular flexibility index (Phi) is 3.38. The van der Waals surface area contributed by atoms with Crippen LogP contribution in [-0.4, -0.2) is 9.78 Å². The molecule has 0 radical (unpaired) electrons. The van der Waals surface area contributed by atoms with Gasteiger partial charge in [-0.1, -0.05) is 6.07 Å². The molecule has 6 heteroatoms. The van der Waals surface area contributed by atoms with E-state index in [-0.39, 0.29) is 0 Å². The summed E-state index contributed by atoms with van der Waals surface area (Å²) in [5, 5.41) is 8.66. The molecule has 2 rings (SSSR count). The fraction of sp³-hybridized carbons (Fsp3) is 0.250. The van der Waals surface area contributed by atoms with Gasteiger partial charge in [0.05, 0.1) is 11.7 Å². The molecule has 6 N–H and O–H groups in total. The van der Waals surface area contributed by atoms with Crippen LogP contribution in [0, 0.1) is 6.92 Å². The van der Waals surface area contributed by atoms with Crippen LogP contribution in [-0.2, 0) is 13.6 Å². The summed E-state index contributed by atoms with van der Waals surface area (Å²) < 4.78 is 1.81. The van der Waals surface area contributed by atoms with Crippen molar-refractivity contribution in [3.05, 3.63) is 41.5 Å². The Labute approximate surface area is 106 Å². The third kappa shape index (κ3) is 2.54. The van der Waals surface area contributed by atoms with Gasteiger partial charge in [-0.25, -0.2) is 0 Å². The van der Waals surface area contributed by atoms with Crippen molar-refractivity contribution in [3.63, 3.8) is 0 Å². The molecule has 0 spiro atoms. The predicted octanol–water partition coefficient (Wildman–Crippen LogP) is 0.192. The zero-order valence-electron chi connectivity index (χ0n) is 10.6. The molecule has 0 bridgehead atoms. The maximum Gasteiger partial charge on any atom is 0.114 e. The summed E-state index contributed by atoms with van der Waals surface area (Å²) in [6, 6.07) is 4.22. The van der Waals surface area contributed by atoms with E-state index in [1.807, 2.05) is 17.9 Å².